The van der Waals surface area contributed by atoms with E-state index in [9.17, 15) is 19.2 Å². The second-order valence-electron chi connectivity index (χ2n) is 5.00. The SMILES string of the molecule is CNC(=O)NC(=O)[C@H](C)OC(=O)c1sc2nc(C)[nH]c(=O)c2c1C. The fraction of sp³-hybridized carbons (Fsp3) is 0.357. The van der Waals surface area contributed by atoms with Crippen LogP contribution in [0.15, 0.2) is 4.79 Å². The van der Waals surface area contributed by atoms with Gasteiger partial charge in [-0.05, 0) is 26.3 Å². The minimum Gasteiger partial charge on any atom is -0.448 e. The summed E-state index contributed by atoms with van der Waals surface area (Å²) in [4.78, 5) is 54.4. The van der Waals surface area contributed by atoms with Gasteiger partial charge in [0.15, 0.2) is 6.10 Å². The molecule has 2 aromatic heterocycles. The van der Waals surface area contributed by atoms with Crippen molar-refractivity contribution in [3.63, 3.8) is 0 Å². The molecule has 1 atom stereocenters. The Labute approximate surface area is 140 Å². The lowest BCUT2D eigenvalue weighted by molar-refractivity contribution is -0.127. The highest BCUT2D eigenvalue weighted by molar-refractivity contribution is 7.20. The second-order valence-corrected chi connectivity index (χ2v) is 6.00. The number of ether oxygens (including phenoxy) is 1. The highest BCUT2D eigenvalue weighted by Crippen LogP contribution is 2.27. The van der Waals surface area contributed by atoms with Crippen LogP contribution in [0.5, 0.6) is 0 Å². The van der Waals surface area contributed by atoms with Crippen molar-refractivity contribution in [1.82, 2.24) is 20.6 Å². The molecule has 0 aliphatic heterocycles. The molecule has 0 aliphatic rings. The number of rotatable bonds is 3. The Morgan fingerprint density at radius 1 is 1.29 bits per heavy atom. The maximum atomic E-state index is 12.3. The number of hydrogen-bond donors (Lipinski definition) is 3. The molecule has 128 valence electrons. The van der Waals surface area contributed by atoms with Crippen LogP contribution in [0.25, 0.3) is 10.2 Å². The highest BCUT2D eigenvalue weighted by Gasteiger charge is 2.24. The van der Waals surface area contributed by atoms with E-state index in [2.05, 4.69) is 15.3 Å². The number of carbonyl (C=O) groups is 3. The molecule has 0 bridgehead atoms. The first-order chi connectivity index (χ1) is 11.2. The average Bonchev–Trinajstić information content (AvgIpc) is 2.83. The van der Waals surface area contributed by atoms with Crippen LogP contribution in [-0.4, -0.2) is 41.0 Å². The topological polar surface area (TPSA) is 130 Å². The standard InChI is InChI=1S/C14H16N4O5S/c1-5-8-11(20)16-7(3)17-12(8)24-9(5)13(21)23-6(2)10(19)18-14(22)15-4/h6H,1-4H3,(H,16,17,20)(H2,15,18,19,22)/t6-/m0/s1. The summed E-state index contributed by atoms with van der Waals surface area (Å²) in [7, 11) is 1.35. The largest absolute Gasteiger partial charge is 0.448 e. The van der Waals surface area contributed by atoms with Gasteiger partial charge in [-0.2, -0.15) is 0 Å². The van der Waals surface area contributed by atoms with E-state index in [1.54, 1.807) is 13.8 Å². The van der Waals surface area contributed by atoms with Crippen LogP contribution in [0.2, 0.25) is 0 Å². The molecule has 0 fully saturated rings. The minimum absolute atomic E-state index is 0.188. The lowest BCUT2D eigenvalue weighted by Gasteiger charge is -2.12. The van der Waals surface area contributed by atoms with Crippen molar-refractivity contribution in [3.8, 4) is 0 Å². The number of H-pyrrole nitrogens is 1. The number of urea groups is 1. The van der Waals surface area contributed by atoms with Crippen molar-refractivity contribution < 1.29 is 19.1 Å². The number of carbonyl (C=O) groups excluding carboxylic acids is 3. The van der Waals surface area contributed by atoms with Gasteiger partial charge in [0.2, 0.25) is 0 Å². The van der Waals surface area contributed by atoms with Crippen molar-refractivity contribution in [2.75, 3.05) is 7.05 Å². The lowest BCUT2D eigenvalue weighted by Crippen LogP contribution is -2.43. The number of aryl methyl sites for hydroxylation is 2. The second kappa shape index (κ2) is 6.79. The fourth-order valence-electron chi connectivity index (χ4n) is 1.99. The maximum Gasteiger partial charge on any atom is 0.349 e. The number of nitrogens with zero attached hydrogens (tertiary/aromatic N) is 1. The predicted octanol–water partition coefficient (Wildman–Crippen LogP) is 0.602. The Balaban J connectivity index is 2.24. The monoisotopic (exact) mass is 352 g/mol. The van der Waals surface area contributed by atoms with E-state index in [0.717, 1.165) is 11.3 Å². The van der Waals surface area contributed by atoms with E-state index in [4.69, 9.17) is 4.74 Å². The van der Waals surface area contributed by atoms with Crippen LogP contribution in [-0.2, 0) is 9.53 Å². The molecule has 0 saturated heterocycles. The molecule has 0 aliphatic carbocycles. The van der Waals surface area contributed by atoms with Crippen molar-refractivity contribution in [2.45, 2.75) is 26.9 Å². The van der Waals surface area contributed by atoms with E-state index in [-0.39, 0.29) is 10.4 Å². The molecule has 2 rings (SSSR count). The predicted molar refractivity (Wildman–Crippen MR) is 87.2 cm³/mol. The van der Waals surface area contributed by atoms with Gasteiger partial charge in [-0.25, -0.2) is 14.6 Å². The number of fused-ring (bicyclic) bond motifs is 1. The maximum absolute atomic E-state index is 12.3. The summed E-state index contributed by atoms with van der Waals surface area (Å²) in [6, 6.07) is -0.702. The zero-order chi connectivity index (χ0) is 18.0. The van der Waals surface area contributed by atoms with Crippen LogP contribution in [0.3, 0.4) is 0 Å². The van der Waals surface area contributed by atoms with Gasteiger partial charge in [0, 0.05) is 7.05 Å². The first-order valence-corrected chi connectivity index (χ1v) is 7.79. The smallest absolute Gasteiger partial charge is 0.349 e. The number of thiophene rings is 1. The summed E-state index contributed by atoms with van der Waals surface area (Å²) in [5.41, 5.74) is 0.100. The van der Waals surface area contributed by atoms with Gasteiger partial charge in [-0.3, -0.25) is 14.9 Å². The van der Waals surface area contributed by atoms with Crippen LogP contribution in [0.4, 0.5) is 4.79 Å². The summed E-state index contributed by atoms with van der Waals surface area (Å²) >= 11 is 1.02. The molecule has 9 nitrogen and oxygen atoms in total. The number of aromatic nitrogens is 2. The Hall–Kier alpha value is -2.75. The number of amides is 3. The van der Waals surface area contributed by atoms with Gasteiger partial charge in [-0.15, -0.1) is 11.3 Å². The van der Waals surface area contributed by atoms with Gasteiger partial charge < -0.3 is 15.0 Å². The fourth-order valence-corrected chi connectivity index (χ4v) is 3.10. The number of nitrogens with one attached hydrogen (secondary N) is 3. The number of hydrogen-bond acceptors (Lipinski definition) is 7. The quantitative estimate of drug-likeness (QED) is 0.694. The highest BCUT2D eigenvalue weighted by atomic mass is 32.1. The normalized spacial score (nSPS) is 11.8. The van der Waals surface area contributed by atoms with Crippen molar-refractivity contribution >= 4 is 39.5 Å². The van der Waals surface area contributed by atoms with E-state index >= 15 is 0 Å². The molecule has 0 radical (unpaired) electrons. The molecule has 10 heteroatoms. The molecule has 3 amide bonds. The lowest BCUT2D eigenvalue weighted by atomic mass is 10.2. The molecule has 2 heterocycles. The molecule has 0 unspecified atom stereocenters. The third-order valence-electron chi connectivity index (χ3n) is 3.22. The van der Waals surface area contributed by atoms with E-state index in [1.807, 2.05) is 5.32 Å². The molecule has 24 heavy (non-hydrogen) atoms. The van der Waals surface area contributed by atoms with Gasteiger partial charge in [0.1, 0.15) is 15.5 Å². The van der Waals surface area contributed by atoms with Crippen molar-refractivity contribution in [2.24, 2.45) is 0 Å². The van der Waals surface area contributed by atoms with Gasteiger partial charge >= 0.3 is 12.0 Å². The minimum atomic E-state index is -1.17. The first kappa shape index (κ1) is 17.6. The number of aromatic amines is 1. The molecular formula is C14H16N4O5S. The van der Waals surface area contributed by atoms with E-state index < -0.39 is 24.0 Å². The molecule has 2 aromatic rings. The van der Waals surface area contributed by atoms with Crippen LogP contribution in [0.1, 0.15) is 28.0 Å². The van der Waals surface area contributed by atoms with Crippen LogP contribution < -0.4 is 16.2 Å². The number of esters is 1. The zero-order valence-electron chi connectivity index (χ0n) is 13.5. The Morgan fingerprint density at radius 3 is 2.58 bits per heavy atom. The van der Waals surface area contributed by atoms with Crippen LogP contribution in [0, 0.1) is 13.8 Å². The summed E-state index contributed by atoms with van der Waals surface area (Å²) in [5.74, 6) is -1.08. The summed E-state index contributed by atoms with van der Waals surface area (Å²) in [6.07, 6.45) is -1.17. The van der Waals surface area contributed by atoms with Crippen molar-refractivity contribution in [3.05, 3.63) is 26.6 Å². The van der Waals surface area contributed by atoms with Crippen molar-refractivity contribution in [1.29, 1.82) is 0 Å². The zero-order valence-corrected chi connectivity index (χ0v) is 14.3. The third kappa shape index (κ3) is 3.43. The Kier molecular flexibility index (Phi) is 4.98. The molecule has 0 saturated carbocycles. The summed E-state index contributed by atoms with van der Waals surface area (Å²) in [5, 5.41) is 4.55. The van der Waals surface area contributed by atoms with E-state index in [0.29, 0.717) is 21.6 Å². The van der Waals surface area contributed by atoms with Gasteiger partial charge in [0.05, 0.1) is 5.39 Å². The Bertz CT molecular complexity index is 885. The van der Waals surface area contributed by atoms with Crippen LogP contribution >= 0.6 is 11.3 Å². The number of imide groups is 1. The third-order valence-corrected chi connectivity index (χ3v) is 4.39. The average molecular weight is 352 g/mol. The summed E-state index contributed by atoms with van der Waals surface area (Å²) in [6.45, 7) is 4.59. The molecule has 0 spiro atoms. The summed E-state index contributed by atoms with van der Waals surface area (Å²) < 4.78 is 5.06. The first-order valence-electron chi connectivity index (χ1n) is 6.98. The molecular weight excluding hydrogens is 336 g/mol. The Morgan fingerprint density at radius 2 is 1.96 bits per heavy atom. The molecule has 3 N–H and O–H groups in total. The molecule has 0 aromatic carbocycles. The van der Waals surface area contributed by atoms with Gasteiger partial charge in [0.25, 0.3) is 11.5 Å². The van der Waals surface area contributed by atoms with E-state index in [1.165, 1.54) is 14.0 Å². The van der Waals surface area contributed by atoms with Gasteiger partial charge in [-0.1, -0.05) is 0 Å².